The number of benzene rings is 2. The first-order valence-electron chi connectivity index (χ1n) is 7.63. The summed E-state index contributed by atoms with van der Waals surface area (Å²) in [5.74, 6) is 0.587. The summed E-state index contributed by atoms with van der Waals surface area (Å²) in [7, 11) is -3.80. The highest BCUT2D eigenvalue weighted by Crippen LogP contribution is 2.28. The van der Waals surface area contributed by atoms with Crippen molar-refractivity contribution in [2.45, 2.75) is 31.1 Å². The fraction of sp³-hybridized carbons (Fsp3) is 0.222. The van der Waals surface area contributed by atoms with Crippen LogP contribution in [0.25, 0.3) is 11.1 Å². The number of fused-ring (bicyclic) bond motifs is 1. The maximum absolute atomic E-state index is 12.5. The minimum atomic E-state index is -3.80. The van der Waals surface area contributed by atoms with Crippen molar-refractivity contribution in [3.8, 4) is 6.07 Å². The molecule has 0 fully saturated rings. The molecule has 3 rings (SSSR count). The van der Waals surface area contributed by atoms with E-state index < -0.39 is 10.0 Å². The van der Waals surface area contributed by atoms with Crippen molar-refractivity contribution in [3.63, 3.8) is 0 Å². The molecule has 0 aliphatic carbocycles. The highest BCUT2D eigenvalue weighted by atomic mass is 32.2. The maximum Gasteiger partial charge on any atom is 0.261 e. The van der Waals surface area contributed by atoms with Gasteiger partial charge in [0.05, 0.1) is 22.2 Å². The molecule has 0 radical (unpaired) electrons. The quantitative estimate of drug-likeness (QED) is 0.771. The van der Waals surface area contributed by atoms with Gasteiger partial charge in [-0.2, -0.15) is 5.26 Å². The number of nitrogens with one attached hydrogen (secondary N) is 1. The highest BCUT2D eigenvalue weighted by molar-refractivity contribution is 7.92. The Labute approximate surface area is 146 Å². The van der Waals surface area contributed by atoms with E-state index in [2.05, 4.69) is 9.71 Å². The van der Waals surface area contributed by atoms with Crippen LogP contribution in [-0.4, -0.2) is 13.4 Å². The maximum atomic E-state index is 12.5. The lowest BCUT2D eigenvalue weighted by molar-refractivity contribution is 0.411. The minimum absolute atomic E-state index is 0.0298. The molecule has 1 N–H and O–H groups in total. The van der Waals surface area contributed by atoms with E-state index in [4.69, 9.17) is 9.68 Å². The van der Waals surface area contributed by atoms with Crippen molar-refractivity contribution in [2.24, 2.45) is 0 Å². The predicted octanol–water partition coefficient (Wildman–Crippen LogP) is 3.80. The number of aromatic nitrogens is 1. The van der Waals surface area contributed by atoms with Crippen LogP contribution in [0.1, 0.15) is 32.2 Å². The van der Waals surface area contributed by atoms with Gasteiger partial charge in [0.25, 0.3) is 10.0 Å². The summed E-state index contributed by atoms with van der Waals surface area (Å²) in [5, 5.41) is 8.92. The Morgan fingerprint density at radius 2 is 1.92 bits per heavy atom. The Hall–Kier alpha value is -2.85. The molecule has 0 amide bonds. The van der Waals surface area contributed by atoms with Gasteiger partial charge in [0, 0.05) is 5.41 Å². The summed E-state index contributed by atoms with van der Waals surface area (Å²) in [6, 6.07) is 12.7. The zero-order chi connectivity index (χ0) is 18.2. The summed E-state index contributed by atoms with van der Waals surface area (Å²) in [4.78, 5) is 4.46. The third-order valence-electron chi connectivity index (χ3n) is 3.55. The molecular weight excluding hydrogens is 338 g/mol. The van der Waals surface area contributed by atoms with Gasteiger partial charge in [-0.1, -0.05) is 26.8 Å². The molecule has 7 heteroatoms. The highest BCUT2D eigenvalue weighted by Gasteiger charge is 2.21. The van der Waals surface area contributed by atoms with E-state index in [1.54, 1.807) is 24.3 Å². The predicted molar refractivity (Wildman–Crippen MR) is 94.7 cm³/mol. The molecule has 2 aromatic carbocycles. The SMILES string of the molecule is CC(C)(C)c1nc2cc(NS(=O)(=O)c3cccc(C#N)c3)ccc2o1. The van der Waals surface area contributed by atoms with Crippen molar-refractivity contribution in [1.82, 2.24) is 4.98 Å². The Morgan fingerprint density at radius 3 is 2.60 bits per heavy atom. The van der Waals surface area contributed by atoms with E-state index in [0.29, 0.717) is 22.7 Å². The molecule has 3 aromatic rings. The number of anilines is 1. The molecule has 0 spiro atoms. The standard InChI is InChI=1S/C18H17N3O3S/c1-18(2,3)17-20-15-10-13(7-8-16(15)24-17)21-25(22,23)14-6-4-5-12(9-14)11-19/h4-10,21H,1-3H3. The summed E-state index contributed by atoms with van der Waals surface area (Å²) in [5.41, 5.74) is 1.60. The smallest absolute Gasteiger partial charge is 0.261 e. The third kappa shape index (κ3) is 3.49. The number of sulfonamides is 1. The van der Waals surface area contributed by atoms with Gasteiger partial charge in [0.15, 0.2) is 5.58 Å². The molecule has 0 unspecified atom stereocenters. The minimum Gasteiger partial charge on any atom is -0.440 e. The second-order valence-corrected chi connectivity index (χ2v) is 8.38. The van der Waals surface area contributed by atoms with Crippen molar-refractivity contribution in [2.75, 3.05) is 4.72 Å². The van der Waals surface area contributed by atoms with Crippen molar-refractivity contribution >= 4 is 26.8 Å². The number of hydrogen-bond donors (Lipinski definition) is 1. The third-order valence-corrected chi connectivity index (χ3v) is 4.93. The Bertz CT molecular complexity index is 1090. The molecule has 25 heavy (non-hydrogen) atoms. The van der Waals surface area contributed by atoms with Gasteiger partial charge >= 0.3 is 0 Å². The van der Waals surface area contributed by atoms with Gasteiger partial charge in [-0.3, -0.25) is 4.72 Å². The van der Waals surface area contributed by atoms with E-state index in [-0.39, 0.29) is 15.9 Å². The van der Waals surface area contributed by atoms with Gasteiger partial charge in [0.2, 0.25) is 5.89 Å². The van der Waals surface area contributed by atoms with Crippen LogP contribution in [-0.2, 0) is 15.4 Å². The van der Waals surface area contributed by atoms with Gasteiger partial charge in [0.1, 0.15) is 5.52 Å². The first-order valence-corrected chi connectivity index (χ1v) is 9.11. The average molecular weight is 355 g/mol. The van der Waals surface area contributed by atoms with Crippen molar-refractivity contribution in [1.29, 1.82) is 5.26 Å². The lowest BCUT2D eigenvalue weighted by atomic mass is 9.97. The molecule has 0 saturated heterocycles. The molecule has 1 aromatic heterocycles. The topological polar surface area (TPSA) is 96.0 Å². The van der Waals surface area contributed by atoms with Gasteiger partial charge in [-0.15, -0.1) is 0 Å². The van der Waals surface area contributed by atoms with Crippen molar-refractivity contribution in [3.05, 3.63) is 53.9 Å². The number of oxazole rings is 1. The molecule has 6 nitrogen and oxygen atoms in total. The summed E-state index contributed by atoms with van der Waals surface area (Å²) in [6.07, 6.45) is 0. The molecule has 0 bridgehead atoms. The fourth-order valence-corrected chi connectivity index (χ4v) is 3.35. The monoisotopic (exact) mass is 355 g/mol. The summed E-state index contributed by atoms with van der Waals surface area (Å²) in [6.45, 7) is 5.97. The second-order valence-electron chi connectivity index (χ2n) is 6.70. The van der Waals surface area contributed by atoms with E-state index in [1.807, 2.05) is 26.8 Å². The molecule has 0 aliphatic heterocycles. The first kappa shape index (κ1) is 17.0. The number of nitrogens with zero attached hydrogens (tertiary/aromatic N) is 2. The number of hydrogen-bond acceptors (Lipinski definition) is 5. The summed E-state index contributed by atoms with van der Waals surface area (Å²) >= 11 is 0. The van der Waals surface area contributed by atoms with E-state index in [9.17, 15) is 8.42 Å². The Kier molecular flexibility index (Phi) is 4.01. The van der Waals surface area contributed by atoms with Crippen LogP contribution < -0.4 is 4.72 Å². The van der Waals surface area contributed by atoms with E-state index in [0.717, 1.165) is 0 Å². The van der Waals surface area contributed by atoms with Gasteiger partial charge in [-0.05, 0) is 36.4 Å². The Balaban J connectivity index is 1.95. The average Bonchev–Trinajstić information content (AvgIpc) is 2.98. The largest absolute Gasteiger partial charge is 0.440 e. The fourth-order valence-electron chi connectivity index (χ4n) is 2.26. The number of rotatable bonds is 3. The van der Waals surface area contributed by atoms with Crippen LogP contribution in [0.2, 0.25) is 0 Å². The van der Waals surface area contributed by atoms with E-state index in [1.165, 1.54) is 18.2 Å². The number of nitriles is 1. The first-order chi connectivity index (χ1) is 11.7. The molecule has 128 valence electrons. The van der Waals surface area contributed by atoms with Crippen LogP contribution in [0.3, 0.4) is 0 Å². The molecule has 0 atom stereocenters. The lowest BCUT2D eigenvalue weighted by Crippen LogP contribution is -2.13. The zero-order valence-electron chi connectivity index (χ0n) is 14.1. The molecule has 0 saturated carbocycles. The second kappa shape index (κ2) is 5.90. The Morgan fingerprint density at radius 1 is 1.16 bits per heavy atom. The van der Waals surface area contributed by atoms with Crippen molar-refractivity contribution < 1.29 is 12.8 Å². The van der Waals surface area contributed by atoms with Crippen LogP contribution in [0.5, 0.6) is 0 Å². The zero-order valence-corrected chi connectivity index (χ0v) is 14.9. The molecule has 0 aliphatic rings. The van der Waals surface area contributed by atoms with Gasteiger partial charge < -0.3 is 4.42 Å². The molecule has 1 heterocycles. The lowest BCUT2D eigenvalue weighted by Gasteiger charge is -2.11. The normalized spacial score (nSPS) is 12.1. The van der Waals surface area contributed by atoms with E-state index >= 15 is 0 Å². The summed E-state index contributed by atoms with van der Waals surface area (Å²) < 4.78 is 33.2. The van der Waals surface area contributed by atoms with Gasteiger partial charge in [-0.25, -0.2) is 13.4 Å². The van der Waals surface area contributed by atoms with Crippen LogP contribution in [0.4, 0.5) is 5.69 Å². The van der Waals surface area contributed by atoms with Crippen LogP contribution in [0, 0.1) is 11.3 Å². The molecular formula is C18H17N3O3S. The van der Waals surface area contributed by atoms with Crippen LogP contribution in [0.15, 0.2) is 51.8 Å². The van der Waals surface area contributed by atoms with Crippen LogP contribution >= 0.6 is 0 Å².